The predicted molar refractivity (Wildman–Crippen MR) is 59.6 cm³/mol. The van der Waals surface area contributed by atoms with Crippen LogP contribution >= 0.6 is 0 Å². The van der Waals surface area contributed by atoms with Crippen molar-refractivity contribution >= 4 is 0 Å². The Bertz CT molecular complexity index is 152. The fourth-order valence-electron chi connectivity index (χ4n) is 2.10. The van der Waals surface area contributed by atoms with Gasteiger partial charge in [0.2, 0.25) is 0 Å². The van der Waals surface area contributed by atoms with E-state index in [1.807, 2.05) is 13.8 Å². The van der Waals surface area contributed by atoms with Crippen molar-refractivity contribution in [1.29, 1.82) is 0 Å². The van der Waals surface area contributed by atoms with Gasteiger partial charge in [0.1, 0.15) is 0 Å². The summed E-state index contributed by atoms with van der Waals surface area (Å²) in [5, 5.41) is 0. The molecule has 0 N–H and O–H groups in total. The molecule has 0 amide bonds. The Hall–Kier alpha value is -0.120. The van der Waals surface area contributed by atoms with Crippen molar-refractivity contribution in [2.45, 2.75) is 26.8 Å². The number of rotatable bonds is 1. The van der Waals surface area contributed by atoms with E-state index in [-0.39, 0.29) is 0 Å². The van der Waals surface area contributed by atoms with E-state index in [1.165, 1.54) is 26.2 Å². The van der Waals surface area contributed by atoms with E-state index in [0.29, 0.717) is 6.04 Å². The smallest absolute Gasteiger partial charge is 0.0634 e. The number of piperazine rings is 1. The van der Waals surface area contributed by atoms with Crippen LogP contribution in [0.3, 0.4) is 0 Å². The SMILES string of the molecule is CC.CCN1CCN2CCOC[C@@H]2C1. The second kappa shape index (κ2) is 6.38. The molecule has 2 aliphatic heterocycles. The molecule has 0 bridgehead atoms. The molecule has 2 rings (SSSR count). The molecule has 1 atom stereocenters. The lowest BCUT2D eigenvalue weighted by Gasteiger charge is -2.43. The quantitative estimate of drug-likeness (QED) is 0.629. The molecule has 2 fully saturated rings. The maximum atomic E-state index is 5.46. The molecule has 0 aromatic rings. The third-order valence-corrected chi connectivity index (χ3v) is 2.97. The lowest BCUT2D eigenvalue weighted by atomic mass is 10.1. The molecule has 2 aliphatic rings. The Kier molecular flexibility index (Phi) is 5.45. The number of hydrogen-bond acceptors (Lipinski definition) is 3. The highest BCUT2D eigenvalue weighted by molar-refractivity contribution is 4.83. The number of hydrogen-bond donors (Lipinski definition) is 0. The molecule has 0 radical (unpaired) electrons. The molecule has 0 aromatic heterocycles. The van der Waals surface area contributed by atoms with Crippen LogP contribution in [0, 0.1) is 0 Å². The first kappa shape index (κ1) is 12.0. The monoisotopic (exact) mass is 200 g/mol. The zero-order valence-corrected chi connectivity index (χ0v) is 9.83. The fourth-order valence-corrected chi connectivity index (χ4v) is 2.10. The second-order valence-electron chi connectivity index (χ2n) is 3.66. The van der Waals surface area contributed by atoms with E-state index in [0.717, 1.165) is 19.8 Å². The van der Waals surface area contributed by atoms with Crippen LogP contribution in [0.15, 0.2) is 0 Å². The van der Waals surface area contributed by atoms with Gasteiger partial charge in [-0.05, 0) is 6.54 Å². The van der Waals surface area contributed by atoms with E-state index in [1.54, 1.807) is 0 Å². The molecule has 0 unspecified atom stereocenters. The van der Waals surface area contributed by atoms with Crippen molar-refractivity contribution < 1.29 is 4.74 Å². The number of fused-ring (bicyclic) bond motifs is 1. The summed E-state index contributed by atoms with van der Waals surface area (Å²) in [6, 6.07) is 0.674. The molecule has 3 heteroatoms. The van der Waals surface area contributed by atoms with Crippen LogP contribution in [-0.4, -0.2) is 61.8 Å². The van der Waals surface area contributed by atoms with Crippen molar-refractivity contribution in [2.24, 2.45) is 0 Å². The standard InChI is InChI=1S/C9H18N2O.C2H6/c1-2-10-3-4-11-5-6-12-8-9(11)7-10;1-2/h9H,2-8H2,1H3;1-2H3/t9-;/m0./s1. The molecule has 0 saturated carbocycles. The molecule has 0 aliphatic carbocycles. The van der Waals surface area contributed by atoms with Gasteiger partial charge in [0.25, 0.3) is 0 Å². The van der Waals surface area contributed by atoms with Crippen LogP contribution in [0.5, 0.6) is 0 Å². The summed E-state index contributed by atoms with van der Waals surface area (Å²) in [4.78, 5) is 5.07. The number of morpholine rings is 1. The van der Waals surface area contributed by atoms with Crippen LogP contribution in [0.2, 0.25) is 0 Å². The Morgan fingerprint density at radius 2 is 2.00 bits per heavy atom. The zero-order valence-electron chi connectivity index (χ0n) is 9.83. The first-order chi connectivity index (χ1) is 6.90. The van der Waals surface area contributed by atoms with Crippen LogP contribution < -0.4 is 0 Å². The van der Waals surface area contributed by atoms with Crippen LogP contribution in [-0.2, 0) is 4.74 Å². The molecular formula is C11H24N2O. The third kappa shape index (κ3) is 2.94. The maximum absolute atomic E-state index is 5.46. The first-order valence-electron chi connectivity index (χ1n) is 5.94. The van der Waals surface area contributed by atoms with Gasteiger partial charge in [-0.2, -0.15) is 0 Å². The average Bonchev–Trinajstić information content (AvgIpc) is 2.31. The van der Waals surface area contributed by atoms with Gasteiger partial charge in [0.15, 0.2) is 0 Å². The third-order valence-electron chi connectivity index (χ3n) is 2.97. The molecule has 2 saturated heterocycles. The normalized spacial score (nSPS) is 28.9. The first-order valence-corrected chi connectivity index (χ1v) is 5.94. The van der Waals surface area contributed by atoms with Gasteiger partial charge >= 0.3 is 0 Å². The van der Waals surface area contributed by atoms with Crippen LogP contribution in [0.4, 0.5) is 0 Å². The molecule has 2 heterocycles. The molecule has 3 nitrogen and oxygen atoms in total. The molecule has 0 spiro atoms. The Balaban J connectivity index is 0.000000461. The van der Waals surface area contributed by atoms with Crippen LogP contribution in [0.25, 0.3) is 0 Å². The van der Waals surface area contributed by atoms with E-state index >= 15 is 0 Å². The number of nitrogens with zero attached hydrogens (tertiary/aromatic N) is 2. The Labute approximate surface area is 88.0 Å². The summed E-state index contributed by atoms with van der Waals surface area (Å²) in [6.07, 6.45) is 0. The topological polar surface area (TPSA) is 15.7 Å². The summed E-state index contributed by atoms with van der Waals surface area (Å²) >= 11 is 0. The van der Waals surface area contributed by atoms with Gasteiger partial charge in [-0.1, -0.05) is 20.8 Å². The zero-order chi connectivity index (χ0) is 10.4. The Morgan fingerprint density at radius 1 is 1.21 bits per heavy atom. The summed E-state index contributed by atoms with van der Waals surface area (Å²) in [7, 11) is 0. The van der Waals surface area contributed by atoms with Crippen LogP contribution in [0.1, 0.15) is 20.8 Å². The lowest BCUT2D eigenvalue weighted by molar-refractivity contribution is -0.0435. The highest BCUT2D eigenvalue weighted by Gasteiger charge is 2.28. The number of ether oxygens (including phenoxy) is 1. The number of likely N-dealkylation sites (N-methyl/N-ethyl adjacent to an activating group) is 1. The maximum Gasteiger partial charge on any atom is 0.0634 e. The lowest BCUT2D eigenvalue weighted by Crippen LogP contribution is -2.57. The second-order valence-corrected chi connectivity index (χ2v) is 3.66. The summed E-state index contributed by atoms with van der Waals surface area (Å²) in [5.41, 5.74) is 0. The summed E-state index contributed by atoms with van der Waals surface area (Å²) < 4.78 is 5.46. The summed E-state index contributed by atoms with van der Waals surface area (Å²) in [5.74, 6) is 0. The van der Waals surface area contributed by atoms with Crippen molar-refractivity contribution in [3.05, 3.63) is 0 Å². The highest BCUT2D eigenvalue weighted by atomic mass is 16.5. The van der Waals surface area contributed by atoms with Gasteiger partial charge in [-0.25, -0.2) is 0 Å². The van der Waals surface area contributed by atoms with Gasteiger partial charge < -0.3 is 9.64 Å². The van der Waals surface area contributed by atoms with E-state index in [4.69, 9.17) is 4.74 Å². The largest absolute Gasteiger partial charge is 0.378 e. The summed E-state index contributed by atoms with van der Waals surface area (Å²) in [6.45, 7) is 14.1. The van der Waals surface area contributed by atoms with E-state index < -0.39 is 0 Å². The minimum Gasteiger partial charge on any atom is -0.378 e. The molecular weight excluding hydrogens is 176 g/mol. The van der Waals surface area contributed by atoms with Crippen molar-refractivity contribution in [3.63, 3.8) is 0 Å². The molecule has 0 aromatic carbocycles. The van der Waals surface area contributed by atoms with E-state index in [9.17, 15) is 0 Å². The molecule has 84 valence electrons. The highest BCUT2D eigenvalue weighted by Crippen LogP contribution is 2.12. The molecule has 14 heavy (non-hydrogen) atoms. The van der Waals surface area contributed by atoms with E-state index in [2.05, 4.69) is 16.7 Å². The Morgan fingerprint density at radius 3 is 2.71 bits per heavy atom. The minimum absolute atomic E-state index is 0.674. The van der Waals surface area contributed by atoms with Gasteiger partial charge in [-0.3, -0.25) is 4.90 Å². The fraction of sp³-hybridized carbons (Fsp3) is 1.00. The average molecular weight is 200 g/mol. The van der Waals surface area contributed by atoms with Gasteiger partial charge in [0, 0.05) is 32.2 Å². The van der Waals surface area contributed by atoms with Gasteiger partial charge in [0.05, 0.1) is 13.2 Å². The minimum atomic E-state index is 0.674. The van der Waals surface area contributed by atoms with Crippen molar-refractivity contribution in [3.8, 4) is 0 Å². The van der Waals surface area contributed by atoms with Gasteiger partial charge in [-0.15, -0.1) is 0 Å². The predicted octanol–water partition coefficient (Wildman–Crippen LogP) is 1.05. The van der Waals surface area contributed by atoms with Crippen molar-refractivity contribution in [1.82, 2.24) is 9.80 Å². The van der Waals surface area contributed by atoms with Crippen molar-refractivity contribution in [2.75, 3.05) is 45.9 Å².